The molecule has 32 heavy (non-hydrogen) atoms. The number of carboxylic acids is 1. The van der Waals surface area contributed by atoms with Crippen molar-refractivity contribution >= 4 is 17.7 Å². The average Bonchev–Trinajstić information content (AvgIpc) is 2.80. The maximum atomic E-state index is 12.5. The Hall–Kier alpha value is -3.55. The predicted molar refractivity (Wildman–Crippen MR) is 118 cm³/mol. The van der Waals surface area contributed by atoms with E-state index in [4.69, 9.17) is 14.2 Å². The van der Waals surface area contributed by atoms with E-state index in [1.54, 1.807) is 42.5 Å². The highest BCUT2D eigenvalue weighted by molar-refractivity contribution is 5.98. The number of amides is 1. The van der Waals surface area contributed by atoms with Gasteiger partial charge in [0.2, 0.25) is 5.91 Å². The summed E-state index contributed by atoms with van der Waals surface area (Å²) >= 11 is 0. The van der Waals surface area contributed by atoms with Gasteiger partial charge in [-0.1, -0.05) is 13.0 Å². The van der Waals surface area contributed by atoms with Gasteiger partial charge in [0.05, 0.1) is 33.3 Å². The van der Waals surface area contributed by atoms with E-state index in [1.807, 2.05) is 6.92 Å². The summed E-state index contributed by atoms with van der Waals surface area (Å²) in [6, 6.07) is 10.9. The van der Waals surface area contributed by atoms with E-state index in [0.29, 0.717) is 35.0 Å². The molecule has 0 bridgehead atoms. The zero-order chi connectivity index (χ0) is 23.5. The van der Waals surface area contributed by atoms with Gasteiger partial charge >= 0.3 is 5.97 Å². The summed E-state index contributed by atoms with van der Waals surface area (Å²) in [5, 5.41) is 12.0. The van der Waals surface area contributed by atoms with Gasteiger partial charge in [-0.3, -0.25) is 14.4 Å². The van der Waals surface area contributed by atoms with Crippen LogP contribution in [0.3, 0.4) is 0 Å². The SMILES string of the molecule is CCCOc1ccc(C(CC(=O)O)NC(=O)CCC(=O)c2ccc(OC)cc2)cc1OC. The number of methoxy groups -OCH3 is 2. The highest BCUT2D eigenvalue weighted by Gasteiger charge is 2.20. The third kappa shape index (κ3) is 7.30. The molecule has 0 aromatic heterocycles. The van der Waals surface area contributed by atoms with Gasteiger partial charge in [0.1, 0.15) is 5.75 Å². The lowest BCUT2D eigenvalue weighted by molar-refractivity contribution is -0.137. The number of carbonyl (C=O) groups is 3. The van der Waals surface area contributed by atoms with Gasteiger partial charge < -0.3 is 24.6 Å². The van der Waals surface area contributed by atoms with Gasteiger partial charge in [0.25, 0.3) is 0 Å². The van der Waals surface area contributed by atoms with Crippen molar-refractivity contribution in [3.8, 4) is 17.2 Å². The van der Waals surface area contributed by atoms with Crippen LogP contribution in [0.25, 0.3) is 0 Å². The van der Waals surface area contributed by atoms with Crippen molar-refractivity contribution in [3.63, 3.8) is 0 Å². The molecule has 2 rings (SSSR count). The molecule has 0 heterocycles. The Bertz CT molecular complexity index is 924. The van der Waals surface area contributed by atoms with E-state index in [0.717, 1.165) is 6.42 Å². The monoisotopic (exact) mass is 443 g/mol. The number of carbonyl (C=O) groups excluding carboxylic acids is 2. The molecule has 0 aliphatic heterocycles. The number of nitrogens with one attached hydrogen (secondary N) is 1. The summed E-state index contributed by atoms with van der Waals surface area (Å²) in [5.41, 5.74) is 1.05. The zero-order valence-electron chi connectivity index (χ0n) is 18.6. The van der Waals surface area contributed by atoms with Gasteiger partial charge in [-0.2, -0.15) is 0 Å². The summed E-state index contributed by atoms with van der Waals surface area (Å²) in [7, 11) is 3.03. The zero-order valence-corrected chi connectivity index (χ0v) is 18.6. The number of benzene rings is 2. The van der Waals surface area contributed by atoms with Gasteiger partial charge in [0, 0.05) is 18.4 Å². The standard InChI is InChI=1S/C24H29NO7/c1-4-13-32-21-11-7-17(14-22(21)31-3)19(15-24(28)29)25-23(27)12-10-20(26)16-5-8-18(30-2)9-6-16/h5-9,11,14,19H,4,10,12-13,15H2,1-3H3,(H,25,27)(H,28,29). The minimum Gasteiger partial charge on any atom is -0.497 e. The lowest BCUT2D eigenvalue weighted by atomic mass is 10.0. The molecule has 1 unspecified atom stereocenters. The van der Waals surface area contributed by atoms with Crippen LogP contribution in [0.1, 0.15) is 54.6 Å². The second-order valence-electron chi connectivity index (χ2n) is 7.13. The summed E-state index contributed by atoms with van der Waals surface area (Å²) in [4.78, 5) is 36.2. The highest BCUT2D eigenvalue weighted by atomic mass is 16.5. The number of aliphatic carboxylic acids is 1. The normalized spacial score (nSPS) is 11.3. The van der Waals surface area contributed by atoms with Crippen molar-refractivity contribution in [1.82, 2.24) is 5.32 Å². The Morgan fingerprint density at radius 2 is 1.69 bits per heavy atom. The van der Waals surface area contributed by atoms with Gasteiger partial charge in [-0.15, -0.1) is 0 Å². The molecule has 2 aromatic carbocycles. The summed E-state index contributed by atoms with van der Waals surface area (Å²) < 4.78 is 16.0. The number of hydrogen-bond donors (Lipinski definition) is 2. The van der Waals surface area contributed by atoms with Crippen LogP contribution in [-0.2, 0) is 9.59 Å². The molecule has 172 valence electrons. The first kappa shape index (κ1) is 24.7. The van der Waals surface area contributed by atoms with Crippen molar-refractivity contribution in [2.75, 3.05) is 20.8 Å². The number of ketones is 1. The third-order valence-corrected chi connectivity index (χ3v) is 4.76. The van der Waals surface area contributed by atoms with Gasteiger partial charge in [-0.25, -0.2) is 0 Å². The number of hydrogen-bond acceptors (Lipinski definition) is 6. The van der Waals surface area contributed by atoms with Crippen LogP contribution in [0, 0.1) is 0 Å². The van der Waals surface area contributed by atoms with Crippen molar-refractivity contribution in [2.24, 2.45) is 0 Å². The maximum absolute atomic E-state index is 12.5. The van der Waals surface area contributed by atoms with E-state index in [9.17, 15) is 19.5 Å². The fraction of sp³-hybridized carbons (Fsp3) is 0.375. The topological polar surface area (TPSA) is 111 Å². The van der Waals surface area contributed by atoms with E-state index in [-0.39, 0.29) is 25.0 Å². The van der Waals surface area contributed by atoms with E-state index < -0.39 is 17.9 Å². The second-order valence-corrected chi connectivity index (χ2v) is 7.13. The fourth-order valence-corrected chi connectivity index (χ4v) is 3.07. The second kappa shape index (κ2) is 12.3. The van der Waals surface area contributed by atoms with Crippen molar-refractivity contribution in [2.45, 2.75) is 38.6 Å². The molecule has 0 aliphatic carbocycles. The molecule has 1 amide bonds. The quantitative estimate of drug-likeness (QED) is 0.453. The molecular weight excluding hydrogens is 414 g/mol. The van der Waals surface area contributed by atoms with Crippen molar-refractivity contribution < 1.29 is 33.7 Å². The first-order valence-electron chi connectivity index (χ1n) is 10.4. The molecular formula is C24H29NO7. The largest absolute Gasteiger partial charge is 0.497 e. The molecule has 1 atom stereocenters. The Balaban J connectivity index is 2.05. The van der Waals surface area contributed by atoms with Gasteiger partial charge in [-0.05, 0) is 48.4 Å². The maximum Gasteiger partial charge on any atom is 0.305 e. The third-order valence-electron chi connectivity index (χ3n) is 4.76. The van der Waals surface area contributed by atoms with Crippen LogP contribution in [0.2, 0.25) is 0 Å². The molecule has 2 aromatic rings. The number of ether oxygens (including phenoxy) is 3. The van der Waals surface area contributed by atoms with Crippen LogP contribution in [0.4, 0.5) is 0 Å². The van der Waals surface area contributed by atoms with Crippen LogP contribution in [0.15, 0.2) is 42.5 Å². The summed E-state index contributed by atoms with van der Waals surface area (Å²) in [6.07, 6.45) is 0.467. The lowest BCUT2D eigenvalue weighted by Gasteiger charge is -2.19. The van der Waals surface area contributed by atoms with E-state index in [2.05, 4.69) is 5.32 Å². The van der Waals surface area contributed by atoms with Crippen LogP contribution in [0.5, 0.6) is 17.2 Å². The van der Waals surface area contributed by atoms with Crippen LogP contribution in [-0.4, -0.2) is 43.6 Å². The van der Waals surface area contributed by atoms with E-state index in [1.165, 1.54) is 14.2 Å². The molecule has 0 aliphatic rings. The molecule has 0 fully saturated rings. The van der Waals surface area contributed by atoms with Crippen LogP contribution >= 0.6 is 0 Å². The smallest absolute Gasteiger partial charge is 0.305 e. The Morgan fingerprint density at radius 3 is 2.28 bits per heavy atom. The van der Waals surface area contributed by atoms with Crippen LogP contribution < -0.4 is 19.5 Å². The molecule has 8 nitrogen and oxygen atoms in total. The fourth-order valence-electron chi connectivity index (χ4n) is 3.07. The van der Waals surface area contributed by atoms with Crippen molar-refractivity contribution in [3.05, 3.63) is 53.6 Å². The number of rotatable bonds is 13. The molecule has 0 saturated carbocycles. The van der Waals surface area contributed by atoms with Gasteiger partial charge in [0.15, 0.2) is 17.3 Å². The molecule has 0 saturated heterocycles. The first-order chi connectivity index (χ1) is 15.4. The summed E-state index contributed by atoms with van der Waals surface area (Å²) in [5.74, 6) is -0.0221. The molecule has 8 heteroatoms. The minimum atomic E-state index is -1.06. The summed E-state index contributed by atoms with van der Waals surface area (Å²) in [6.45, 7) is 2.51. The Kier molecular flexibility index (Phi) is 9.53. The number of Topliss-reactive ketones (excluding diaryl/α,β-unsaturated/α-hetero) is 1. The molecule has 0 radical (unpaired) electrons. The average molecular weight is 443 g/mol. The first-order valence-corrected chi connectivity index (χ1v) is 10.4. The van der Waals surface area contributed by atoms with Crippen molar-refractivity contribution in [1.29, 1.82) is 0 Å². The highest BCUT2D eigenvalue weighted by Crippen LogP contribution is 2.31. The molecule has 0 spiro atoms. The lowest BCUT2D eigenvalue weighted by Crippen LogP contribution is -2.30. The van der Waals surface area contributed by atoms with E-state index >= 15 is 0 Å². The number of carboxylic acid groups (broad SMARTS) is 1. The minimum absolute atomic E-state index is 0.00503. The Labute approximate surface area is 187 Å². The Morgan fingerprint density at radius 1 is 0.969 bits per heavy atom. The predicted octanol–water partition coefficient (Wildman–Crippen LogP) is 3.79. The molecule has 2 N–H and O–H groups in total.